The maximum absolute atomic E-state index is 5.13. The molecule has 64 heavy (non-hydrogen) atoms. The van der Waals surface area contributed by atoms with Gasteiger partial charge in [0.25, 0.3) is 0 Å². The van der Waals surface area contributed by atoms with E-state index in [1.165, 1.54) is 0 Å². The highest BCUT2D eigenvalue weighted by Gasteiger charge is 2.19. The molecule has 0 atom stereocenters. The molecule has 11 rings (SSSR count). The molecule has 5 heteroatoms. The van der Waals surface area contributed by atoms with Gasteiger partial charge in [0.2, 0.25) is 0 Å². The minimum Gasteiger partial charge on any atom is -0.228 e. The largest absolute Gasteiger partial charge is 0.228 e. The van der Waals surface area contributed by atoms with Gasteiger partial charge in [0.05, 0.1) is 11.4 Å². The van der Waals surface area contributed by atoms with E-state index in [0.29, 0.717) is 23.3 Å². The van der Waals surface area contributed by atoms with E-state index < -0.39 is 0 Å². The van der Waals surface area contributed by atoms with Crippen molar-refractivity contribution < 1.29 is 0 Å². The monoisotopic (exact) mass is 817 g/mol. The first-order valence-electron chi connectivity index (χ1n) is 21.4. The Bertz CT molecular complexity index is 3290. The maximum Gasteiger partial charge on any atom is 0.164 e. The van der Waals surface area contributed by atoms with Crippen LogP contribution in [-0.4, -0.2) is 24.9 Å². The Hall–Kier alpha value is -8.67. The van der Waals surface area contributed by atoms with Crippen molar-refractivity contribution in [3.8, 4) is 101 Å². The van der Waals surface area contributed by atoms with Gasteiger partial charge in [-0.2, -0.15) is 0 Å². The van der Waals surface area contributed by atoms with Crippen LogP contribution in [0.25, 0.3) is 112 Å². The molecular weight excluding hydrogens is 779 g/mol. The SMILES string of the molecule is c1ccc(-c2cc(-c3ccccc3)nc(-c3cccc(-c4cccc(-c5ccc(-c6c(-c7nc(-c8ccccc8)nc(-c8ccccc8)n7)ccc7ccccc67)cc5)c4)c3)n2)cc1. The maximum atomic E-state index is 5.13. The Balaban J connectivity index is 0.961. The summed E-state index contributed by atoms with van der Waals surface area (Å²) in [6.45, 7) is 0. The Labute approximate surface area is 372 Å². The molecule has 0 spiro atoms. The van der Waals surface area contributed by atoms with Crippen LogP contribution in [0.2, 0.25) is 0 Å². The fraction of sp³-hybridized carbons (Fsp3) is 0. The third-order valence-corrected chi connectivity index (χ3v) is 11.6. The number of benzene rings is 9. The molecule has 0 bridgehead atoms. The number of hydrogen-bond acceptors (Lipinski definition) is 5. The first-order chi connectivity index (χ1) is 31.7. The molecular formula is C59H39N5. The van der Waals surface area contributed by atoms with Crippen molar-refractivity contribution in [3.63, 3.8) is 0 Å². The van der Waals surface area contributed by atoms with Gasteiger partial charge in [-0.3, -0.25) is 0 Å². The van der Waals surface area contributed by atoms with Crippen molar-refractivity contribution in [2.45, 2.75) is 0 Å². The molecule has 0 fully saturated rings. The fourth-order valence-electron chi connectivity index (χ4n) is 8.33. The van der Waals surface area contributed by atoms with Crippen LogP contribution < -0.4 is 0 Å². The van der Waals surface area contributed by atoms with Gasteiger partial charge in [0.1, 0.15) is 0 Å². The van der Waals surface area contributed by atoms with Crippen LogP contribution in [0.5, 0.6) is 0 Å². The molecule has 0 aliphatic carbocycles. The zero-order valence-corrected chi connectivity index (χ0v) is 34.8. The number of rotatable bonds is 9. The molecule has 2 heterocycles. The lowest BCUT2D eigenvalue weighted by Crippen LogP contribution is -2.01. The Kier molecular flexibility index (Phi) is 10.2. The normalized spacial score (nSPS) is 11.1. The number of hydrogen-bond donors (Lipinski definition) is 0. The molecule has 0 saturated carbocycles. The summed E-state index contributed by atoms with van der Waals surface area (Å²) in [6.07, 6.45) is 0. The van der Waals surface area contributed by atoms with E-state index >= 15 is 0 Å². The predicted molar refractivity (Wildman–Crippen MR) is 262 cm³/mol. The molecule has 11 aromatic rings. The molecule has 0 unspecified atom stereocenters. The van der Waals surface area contributed by atoms with Crippen molar-refractivity contribution >= 4 is 10.8 Å². The molecule has 0 radical (unpaired) electrons. The third-order valence-electron chi connectivity index (χ3n) is 11.6. The second-order valence-electron chi connectivity index (χ2n) is 15.7. The summed E-state index contributed by atoms with van der Waals surface area (Å²) in [5.74, 6) is 2.58. The van der Waals surface area contributed by atoms with E-state index in [-0.39, 0.29) is 0 Å². The van der Waals surface area contributed by atoms with Crippen LogP contribution in [0.1, 0.15) is 0 Å². The highest BCUT2D eigenvalue weighted by molar-refractivity contribution is 6.03. The summed E-state index contributed by atoms with van der Waals surface area (Å²) in [5, 5.41) is 2.28. The van der Waals surface area contributed by atoms with Crippen molar-refractivity contribution in [3.05, 3.63) is 237 Å². The second kappa shape index (κ2) is 17.0. The molecule has 300 valence electrons. The predicted octanol–water partition coefficient (Wildman–Crippen LogP) is 14.8. The first-order valence-corrected chi connectivity index (χ1v) is 21.4. The summed E-state index contributed by atoms with van der Waals surface area (Å²) in [5.41, 5.74) is 14.3. The molecule has 0 N–H and O–H groups in total. The van der Waals surface area contributed by atoms with Crippen LogP contribution in [-0.2, 0) is 0 Å². The Morgan fingerprint density at radius 3 is 1.19 bits per heavy atom. The first kappa shape index (κ1) is 38.3. The van der Waals surface area contributed by atoms with E-state index in [2.05, 4.69) is 140 Å². The second-order valence-corrected chi connectivity index (χ2v) is 15.7. The van der Waals surface area contributed by atoms with Gasteiger partial charge in [0.15, 0.2) is 23.3 Å². The van der Waals surface area contributed by atoms with Crippen LogP contribution in [0.4, 0.5) is 0 Å². The molecule has 2 aromatic heterocycles. The average Bonchev–Trinajstić information content (AvgIpc) is 3.39. The lowest BCUT2D eigenvalue weighted by molar-refractivity contribution is 1.07. The zero-order valence-electron chi connectivity index (χ0n) is 34.8. The molecule has 9 aromatic carbocycles. The van der Waals surface area contributed by atoms with Gasteiger partial charge in [-0.15, -0.1) is 0 Å². The fourth-order valence-corrected chi connectivity index (χ4v) is 8.33. The average molecular weight is 818 g/mol. The van der Waals surface area contributed by atoms with Gasteiger partial charge in [-0.1, -0.05) is 212 Å². The third kappa shape index (κ3) is 7.74. The van der Waals surface area contributed by atoms with Crippen LogP contribution >= 0.6 is 0 Å². The summed E-state index contributed by atoms with van der Waals surface area (Å²) in [7, 11) is 0. The smallest absolute Gasteiger partial charge is 0.164 e. The summed E-state index contributed by atoms with van der Waals surface area (Å²) in [4.78, 5) is 25.4. The molecule has 0 aliphatic rings. The highest BCUT2D eigenvalue weighted by Crippen LogP contribution is 2.39. The number of fused-ring (bicyclic) bond motifs is 1. The molecule has 0 aliphatic heterocycles. The zero-order chi connectivity index (χ0) is 42.7. The Morgan fingerprint density at radius 1 is 0.219 bits per heavy atom. The van der Waals surface area contributed by atoms with E-state index in [9.17, 15) is 0 Å². The van der Waals surface area contributed by atoms with Crippen LogP contribution in [0.15, 0.2) is 237 Å². The molecule has 5 nitrogen and oxygen atoms in total. The van der Waals surface area contributed by atoms with E-state index in [1.807, 2.05) is 97.1 Å². The summed E-state index contributed by atoms with van der Waals surface area (Å²) >= 11 is 0. The van der Waals surface area contributed by atoms with Crippen molar-refractivity contribution in [1.29, 1.82) is 0 Å². The number of aromatic nitrogens is 5. The van der Waals surface area contributed by atoms with Crippen LogP contribution in [0.3, 0.4) is 0 Å². The van der Waals surface area contributed by atoms with E-state index in [0.717, 1.165) is 88.9 Å². The molecule has 0 saturated heterocycles. The topological polar surface area (TPSA) is 64.5 Å². The lowest BCUT2D eigenvalue weighted by Gasteiger charge is -2.15. The van der Waals surface area contributed by atoms with Gasteiger partial charge in [0, 0.05) is 38.9 Å². The number of nitrogens with zero attached hydrogens (tertiary/aromatic N) is 5. The van der Waals surface area contributed by atoms with E-state index in [1.54, 1.807) is 0 Å². The minimum absolute atomic E-state index is 0.626. The summed E-state index contributed by atoms with van der Waals surface area (Å²) in [6, 6.07) is 81.8. The summed E-state index contributed by atoms with van der Waals surface area (Å²) < 4.78 is 0. The molecule has 0 amide bonds. The van der Waals surface area contributed by atoms with Crippen LogP contribution in [0, 0.1) is 0 Å². The van der Waals surface area contributed by atoms with Gasteiger partial charge >= 0.3 is 0 Å². The van der Waals surface area contributed by atoms with Crippen molar-refractivity contribution in [2.75, 3.05) is 0 Å². The van der Waals surface area contributed by atoms with Gasteiger partial charge in [-0.25, -0.2) is 24.9 Å². The Morgan fingerprint density at radius 2 is 0.625 bits per heavy atom. The van der Waals surface area contributed by atoms with Gasteiger partial charge in [-0.05, 0) is 62.9 Å². The lowest BCUT2D eigenvalue weighted by atomic mass is 9.91. The standard InChI is InChI=1S/C59H39N5/c1-5-18-42(19-6-1)53-39-54(43-20-7-2-8-21-43)61-58(60-53)50-29-16-28-49(38-50)48-27-15-26-47(37-48)40-31-33-44(34-32-40)55-51-30-14-13-17-41(51)35-36-52(55)59-63-56(45-22-9-3-10-23-45)62-57(64-59)46-24-11-4-12-25-46/h1-39H. The van der Waals surface area contributed by atoms with E-state index in [4.69, 9.17) is 24.9 Å². The minimum atomic E-state index is 0.626. The van der Waals surface area contributed by atoms with Crippen molar-refractivity contribution in [1.82, 2.24) is 24.9 Å². The quantitative estimate of drug-likeness (QED) is 0.145. The van der Waals surface area contributed by atoms with Crippen molar-refractivity contribution in [2.24, 2.45) is 0 Å². The highest BCUT2D eigenvalue weighted by atomic mass is 15.0. The van der Waals surface area contributed by atoms with Gasteiger partial charge < -0.3 is 0 Å².